The molecule has 4 nitrogen and oxygen atoms in total. The molecular weight excluding hydrogens is 447 g/mol. The first-order valence-electron chi connectivity index (χ1n) is 10.6. The standard InChI is InChI=1S/C22H36N4.HI/c1-23-22(24-13-5-6-14-25-15-7-8-16-25)26-17-11-21(12-18-26)19-20-9-3-2-4-10-20;/h2-4,9-10,21H,5-8,11-19H2,1H3,(H,23,24);1H. The Morgan fingerprint density at radius 3 is 2.41 bits per heavy atom. The number of rotatable bonds is 7. The monoisotopic (exact) mass is 484 g/mol. The van der Waals surface area contributed by atoms with Gasteiger partial charge in [0.2, 0.25) is 0 Å². The Kier molecular flexibility index (Phi) is 10.5. The van der Waals surface area contributed by atoms with Gasteiger partial charge in [0.1, 0.15) is 0 Å². The highest BCUT2D eigenvalue weighted by molar-refractivity contribution is 14.0. The molecule has 5 heteroatoms. The maximum atomic E-state index is 4.52. The predicted octanol–water partition coefficient (Wildman–Crippen LogP) is 4.01. The van der Waals surface area contributed by atoms with Crippen molar-refractivity contribution in [2.75, 3.05) is 46.3 Å². The number of benzene rings is 1. The van der Waals surface area contributed by atoms with E-state index in [1.54, 1.807) is 0 Å². The average molecular weight is 484 g/mol. The number of halogens is 1. The van der Waals surface area contributed by atoms with Gasteiger partial charge in [-0.15, -0.1) is 24.0 Å². The van der Waals surface area contributed by atoms with Crippen molar-refractivity contribution in [3.05, 3.63) is 35.9 Å². The molecule has 0 radical (unpaired) electrons. The van der Waals surface area contributed by atoms with Crippen molar-refractivity contribution >= 4 is 29.9 Å². The third kappa shape index (κ3) is 7.60. The van der Waals surface area contributed by atoms with Crippen LogP contribution in [-0.4, -0.2) is 62.1 Å². The van der Waals surface area contributed by atoms with Crippen LogP contribution in [0.5, 0.6) is 0 Å². The molecule has 1 aromatic rings. The second-order valence-electron chi connectivity index (χ2n) is 7.85. The van der Waals surface area contributed by atoms with Crippen LogP contribution in [0.3, 0.4) is 0 Å². The van der Waals surface area contributed by atoms with Crippen LogP contribution in [0.25, 0.3) is 0 Å². The van der Waals surface area contributed by atoms with Gasteiger partial charge in [-0.25, -0.2) is 0 Å². The topological polar surface area (TPSA) is 30.9 Å². The number of nitrogens with zero attached hydrogens (tertiary/aromatic N) is 3. The first kappa shape index (κ1) is 22.5. The number of piperidine rings is 1. The fraction of sp³-hybridized carbons (Fsp3) is 0.682. The van der Waals surface area contributed by atoms with Gasteiger partial charge in [-0.05, 0) is 76.1 Å². The zero-order chi connectivity index (χ0) is 18.0. The van der Waals surface area contributed by atoms with Crippen LogP contribution in [0.2, 0.25) is 0 Å². The Morgan fingerprint density at radius 1 is 1.04 bits per heavy atom. The van der Waals surface area contributed by atoms with Crippen LogP contribution in [-0.2, 0) is 6.42 Å². The minimum atomic E-state index is 0. The fourth-order valence-corrected chi connectivity index (χ4v) is 4.30. The molecule has 2 saturated heterocycles. The predicted molar refractivity (Wildman–Crippen MR) is 126 cm³/mol. The lowest BCUT2D eigenvalue weighted by molar-refractivity contribution is 0.258. The smallest absolute Gasteiger partial charge is 0.193 e. The number of unbranched alkanes of at least 4 members (excludes halogenated alkanes) is 1. The molecule has 1 aromatic carbocycles. The Hall–Kier alpha value is -0.820. The molecule has 2 fully saturated rings. The molecule has 0 atom stereocenters. The van der Waals surface area contributed by atoms with Crippen LogP contribution in [0.4, 0.5) is 0 Å². The molecule has 3 rings (SSSR count). The molecular formula is C22H37IN4. The van der Waals surface area contributed by atoms with E-state index in [9.17, 15) is 0 Å². The summed E-state index contributed by atoms with van der Waals surface area (Å²) in [5, 5.41) is 3.59. The van der Waals surface area contributed by atoms with Crippen molar-refractivity contribution in [1.29, 1.82) is 0 Å². The molecule has 0 amide bonds. The maximum absolute atomic E-state index is 4.52. The maximum Gasteiger partial charge on any atom is 0.193 e. The van der Waals surface area contributed by atoms with Crippen LogP contribution >= 0.6 is 24.0 Å². The molecule has 0 unspecified atom stereocenters. The Bertz CT molecular complexity index is 535. The number of likely N-dealkylation sites (tertiary alicyclic amines) is 2. The summed E-state index contributed by atoms with van der Waals surface area (Å²) in [7, 11) is 1.92. The van der Waals surface area contributed by atoms with E-state index in [2.05, 4.69) is 50.4 Å². The van der Waals surface area contributed by atoms with E-state index in [1.165, 1.54) is 70.1 Å². The molecule has 0 aromatic heterocycles. The molecule has 0 bridgehead atoms. The fourth-order valence-electron chi connectivity index (χ4n) is 4.30. The lowest BCUT2D eigenvalue weighted by atomic mass is 9.90. The minimum Gasteiger partial charge on any atom is -0.356 e. The highest BCUT2D eigenvalue weighted by Gasteiger charge is 2.21. The summed E-state index contributed by atoms with van der Waals surface area (Å²) < 4.78 is 0. The number of hydrogen-bond donors (Lipinski definition) is 1. The molecule has 27 heavy (non-hydrogen) atoms. The summed E-state index contributed by atoms with van der Waals surface area (Å²) in [6, 6.07) is 10.9. The van der Waals surface area contributed by atoms with E-state index < -0.39 is 0 Å². The van der Waals surface area contributed by atoms with Gasteiger partial charge in [-0.2, -0.15) is 0 Å². The molecule has 152 valence electrons. The SMILES string of the molecule is CN=C(NCCCCN1CCCC1)N1CCC(Cc2ccccc2)CC1.I. The van der Waals surface area contributed by atoms with Crippen molar-refractivity contribution in [2.24, 2.45) is 10.9 Å². The van der Waals surface area contributed by atoms with Crippen molar-refractivity contribution in [2.45, 2.75) is 44.9 Å². The van der Waals surface area contributed by atoms with E-state index in [1.807, 2.05) is 7.05 Å². The van der Waals surface area contributed by atoms with E-state index >= 15 is 0 Å². The second kappa shape index (κ2) is 12.6. The number of hydrogen-bond acceptors (Lipinski definition) is 2. The van der Waals surface area contributed by atoms with Gasteiger partial charge < -0.3 is 15.1 Å². The van der Waals surface area contributed by atoms with E-state index in [-0.39, 0.29) is 24.0 Å². The van der Waals surface area contributed by atoms with E-state index in [0.717, 1.165) is 31.5 Å². The number of guanidine groups is 1. The zero-order valence-electron chi connectivity index (χ0n) is 16.9. The highest BCUT2D eigenvalue weighted by atomic mass is 127. The van der Waals surface area contributed by atoms with Gasteiger partial charge in [-0.1, -0.05) is 30.3 Å². The first-order chi connectivity index (χ1) is 12.8. The van der Waals surface area contributed by atoms with Gasteiger partial charge in [0.15, 0.2) is 5.96 Å². The zero-order valence-corrected chi connectivity index (χ0v) is 19.2. The van der Waals surface area contributed by atoms with Gasteiger partial charge in [0, 0.05) is 26.7 Å². The molecule has 2 heterocycles. The number of aliphatic imine (C=N–C) groups is 1. The highest BCUT2D eigenvalue weighted by Crippen LogP contribution is 2.21. The number of nitrogens with one attached hydrogen (secondary N) is 1. The van der Waals surface area contributed by atoms with Crippen LogP contribution < -0.4 is 5.32 Å². The van der Waals surface area contributed by atoms with Gasteiger partial charge in [0.25, 0.3) is 0 Å². The lowest BCUT2D eigenvalue weighted by Gasteiger charge is -2.34. The summed E-state index contributed by atoms with van der Waals surface area (Å²) in [5.41, 5.74) is 1.48. The normalized spacial score (nSPS) is 19.1. The van der Waals surface area contributed by atoms with Crippen molar-refractivity contribution in [3.8, 4) is 0 Å². The summed E-state index contributed by atoms with van der Waals surface area (Å²) in [6.07, 6.45) is 9.08. The molecule has 2 aliphatic rings. The quantitative estimate of drug-likeness (QED) is 0.275. The van der Waals surface area contributed by atoms with Crippen LogP contribution in [0.1, 0.15) is 44.1 Å². The Morgan fingerprint density at radius 2 is 1.74 bits per heavy atom. The summed E-state index contributed by atoms with van der Waals surface area (Å²) >= 11 is 0. The van der Waals surface area contributed by atoms with Gasteiger partial charge >= 0.3 is 0 Å². The van der Waals surface area contributed by atoms with E-state index in [4.69, 9.17) is 0 Å². The Balaban J connectivity index is 0.00000261. The van der Waals surface area contributed by atoms with E-state index in [0.29, 0.717) is 0 Å². The molecule has 0 spiro atoms. The van der Waals surface area contributed by atoms with Gasteiger partial charge in [0.05, 0.1) is 0 Å². The lowest BCUT2D eigenvalue weighted by Crippen LogP contribution is -2.46. The largest absolute Gasteiger partial charge is 0.356 e. The molecule has 1 N–H and O–H groups in total. The third-order valence-corrected chi connectivity index (χ3v) is 5.88. The average Bonchev–Trinajstić information content (AvgIpc) is 3.20. The third-order valence-electron chi connectivity index (χ3n) is 5.88. The summed E-state index contributed by atoms with van der Waals surface area (Å²) in [6.45, 7) is 7.20. The van der Waals surface area contributed by atoms with Crippen LogP contribution in [0, 0.1) is 5.92 Å². The van der Waals surface area contributed by atoms with Crippen molar-refractivity contribution in [3.63, 3.8) is 0 Å². The molecule has 0 aliphatic carbocycles. The van der Waals surface area contributed by atoms with Crippen molar-refractivity contribution < 1.29 is 0 Å². The van der Waals surface area contributed by atoms with Crippen molar-refractivity contribution in [1.82, 2.24) is 15.1 Å². The molecule has 0 saturated carbocycles. The second-order valence-corrected chi connectivity index (χ2v) is 7.85. The summed E-state index contributed by atoms with van der Waals surface area (Å²) in [5.74, 6) is 1.91. The van der Waals surface area contributed by atoms with Gasteiger partial charge in [-0.3, -0.25) is 4.99 Å². The Labute approximate surface area is 182 Å². The first-order valence-corrected chi connectivity index (χ1v) is 10.6. The minimum absolute atomic E-state index is 0. The van der Waals surface area contributed by atoms with Crippen LogP contribution in [0.15, 0.2) is 35.3 Å². The molecule has 2 aliphatic heterocycles. The summed E-state index contributed by atoms with van der Waals surface area (Å²) in [4.78, 5) is 9.57.